The summed E-state index contributed by atoms with van der Waals surface area (Å²) in [5, 5.41) is 10.4. The second-order valence-electron chi connectivity index (χ2n) is 8.61. The number of aromatic nitrogens is 2. The van der Waals surface area contributed by atoms with E-state index in [9.17, 15) is 14.4 Å². The molecule has 2 heterocycles. The summed E-state index contributed by atoms with van der Waals surface area (Å²) in [5.74, 6) is 1.96. The van der Waals surface area contributed by atoms with Crippen molar-refractivity contribution in [3.63, 3.8) is 0 Å². The zero-order chi connectivity index (χ0) is 26.4. The number of thioether (sulfide) groups is 1. The third kappa shape index (κ3) is 6.29. The van der Waals surface area contributed by atoms with Crippen LogP contribution in [-0.2, 0) is 20.9 Å². The van der Waals surface area contributed by atoms with Crippen LogP contribution in [0, 0.1) is 5.41 Å². The lowest BCUT2D eigenvalue weighted by Gasteiger charge is -2.26. The van der Waals surface area contributed by atoms with Gasteiger partial charge in [0.2, 0.25) is 5.91 Å². The van der Waals surface area contributed by atoms with Crippen LogP contribution in [0.4, 0.5) is 0 Å². The number of nitrogens with zero attached hydrogens (tertiary/aromatic N) is 3. The molecule has 1 saturated heterocycles. The lowest BCUT2D eigenvalue weighted by atomic mass is 10.1. The Morgan fingerprint density at radius 2 is 1.78 bits per heavy atom. The fraction of sp³-hybridized carbons (Fsp3) is 0.346. The lowest BCUT2D eigenvalue weighted by Crippen LogP contribution is -2.38. The van der Waals surface area contributed by atoms with Gasteiger partial charge in [-0.15, -0.1) is 0 Å². The summed E-state index contributed by atoms with van der Waals surface area (Å²) in [5.41, 5.74) is 8.87. The van der Waals surface area contributed by atoms with E-state index < -0.39 is 5.97 Å². The van der Waals surface area contributed by atoms with Gasteiger partial charge in [0.25, 0.3) is 5.91 Å². The highest BCUT2D eigenvalue weighted by Crippen LogP contribution is 2.27. The van der Waals surface area contributed by atoms with E-state index in [4.69, 9.17) is 16.1 Å². The Hall–Kier alpha value is -3.86. The first kappa shape index (κ1) is 26.2. The molecule has 2 amide bonds. The molecule has 3 aromatic rings. The number of fused-ring (bicyclic) bond motifs is 1. The molecule has 0 bridgehead atoms. The highest BCUT2D eigenvalue weighted by Gasteiger charge is 2.20. The summed E-state index contributed by atoms with van der Waals surface area (Å²) >= 11 is 1.86. The average Bonchev–Trinajstić information content (AvgIpc) is 3.29. The number of esters is 1. The molecule has 194 valence electrons. The monoisotopic (exact) mass is 522 g/mol. The molecule has 4 N–H and O–H groups in total. The summed E-state index contributed by atoms with van der Waals surface area (Å²) in [4.78, 5) is 43.5. The van der Waals surface area contributed by atoms with E-state index in [-0.39, 0.29) is 30.6 Å². The van der Waals surface area contributed by atoms with E-state index in [2.05, 4.69) is 10.1 Å². The molecule has 1 fully saturated rings. The molecule has 2 aromatic carbocycles. The second kappa shape index (κ2) is 11.9. The SMILES string of the molecule is COC(=O)CCNC(=O)c1ccc2c(c1)nc(-c1ccc(C(=N)N)cc1)n2CCC(=O)N1CCSCC1. The summed E-state index contributed by atoms with van der Waals surface area (Å²) in [6, 6.07) is 12.5. The van der Waals surface area contributed by atoms with E-state index >= 15 is 0 Å². The molecule has 10 nitrogen and oxygen atoms in total. The molecule has 0 radical (unpaired) electrons. The van der Waals surface area contributed by atoms with Crippen LogP contribution in [0.2, 0.25) is 0 Å². The molecule has 1 aromatic heterocycles. The molecule has 0 saturated carbocycles. The smallest absolute Gasteiger partial charge is 0.307 e. The Balaban J connectivity index is 1.61. The van der Waals surface area contributed by atoms with Crippen molar-refractivity contribution in [3.8, 4) is 11.4 Å². The van der Waals surface area contributed by atoms with E-state index in [1.54, 1.807) is 24.3 Å². The zero-order valence-corrected chi connectivity index (χ0v) is 21.5. The maximum Gasteiger partial charge on any atom is 0.307 e. The maximum absolute atomic E-state index is 12.9. The second-order valence-corrected chi connectivity index (χ2v) is 9.83. The number of carbonyl (C=O) groups excluding carboxylic acids is 3. The van der Waals surface area contributed by atoms with Crippen molar-refractivity contribution in [1.82, 2.24) is 19.8 Å². The molecule has 37 heavy (non-hydrogen) atoms. The van der Waals surface area contributed by atoms with Crippen LogP contribution in [-0.4, -0.2) is 76.3 Å². The first-order valence-electron chi connectivity index (χ1n) is 12.0. The van der Waals surface area contributed by atoms with Crippen molar-refractivity contribution >= 4 is 46.4 Å². The van der Waals surface area contributed by atoms with Crippen LogP contribution in [0.3, 0.4) is 0 Å². The third-order valence-electron chi connectivity index (χ3n) is 6.22. The van der Waals surface area contributed by atoms with E-state index in [1.807, 2.05) is 39.4 Å². The predicted molar refractivity (Wildman–Crippen MR) is 144 cm³/mol. The zero-order valence-electron chi connectivity index (χ0n) is 20.7. The summed E-state index contributed by atoms with van der Waals surface area (Å²) in [7, 11) is 1.30. The fourth-order valence-corrected chi connectivity index (χ4v) is 5.08. The minimum Gasteiger partial charge on any atom is -0.469 e. The molecule has 0 atom stereocenters. The maximum atomic E-state index is 12.9. The van der Waals surface area contributed by atoms with Gasteiger partial charge in [-0.3, -0.25) is 19.8 Å². The van der Waals surface area contributed by atoms with Gasteiger partial charge >= 0.3 is 5.97 Å². The Bertz CT molecular complexity index is 1310. The Morgan fingerprint density at radius 3 is 2.46 bits per heavy atom. The molecule has 0 aliphatic carbocycles. The van der Waals surface area contributed by atoms with Gasteiger partial charge in [-0.2, -0.15) is 11.8 Å². The number of imidazole rings is 1. The van der Waals surface area contributed by atoms with Crippen molar-refractivity contribution in [3.05, 3.63) is 53.6 Å². The van der Waals surface area contributed by atoms with Gasteiger partial charge in [0.1, 0.15) is 11.7 Å². The van der Waals surface area contributed by atoms with E-state index in [0.29, 0.717) is 35.4 Å². The quantitative estimate of drug-likeness (QED) is 0.222. The van der Waals surface area contributed by atoms with Crippen LogP contribution in [0.25, 0.3) is 22.4 Å². The molecule has 11 heteroatoms. The van der Waals surface area contributed by atoms with Crippen LogP contribution in [0.1, 0.15) is 28.8 Å². The van der Waals surface area contributed by atoms with Crippen LogP contribution in [0.15, 0.2) is 42.5 Å². The Kier molecular flexibility index (Phi) is 8.44. The summed E-state index contributed by atoms with van der Waals surface area (Å²) in [6.07, 6.45) is 0.424. The standard InChI is InChI=1S/C26H30N6O4S/c1-36-23(34)8-10-29-26(35)19-6-7-21-20(16-19)30-25(18-4-2-17(3-5-18)24(27)28)32(21)11-9-22(33)31-12-14-37-15-13-31/h2-7,16H,8-15H2,1H3,(H3,27,28)(H,29,35). The number of nitrogens with one attached hydrogen (secondary N) is 2. The number of benzene rings is 2. The van der Waals surface area contributed by atoms with Crippen molar-refractivity contribution in [1.29, 1.82) is 5.41 Å². The molecule has 1 aliphatic rings. The third-order valence-corrected chi connectivity index (χ3v) is 7.16. The van der Waals surface area contributed by atoms with Crippen molar-refractivity contribution in [2.45, 2.75) is 19.4 Å². The molecule has 4 rings (SSSR count). The number of methoxy groups -OCH3 is 1. The largest absolute Gasteiger partial charge is 0.469 e. The number of hydrogen-bond donors (Lipinski definition) is 3. The molecule has 0 unspecified atom stereocenters. The number of aryl methyl sites for hydroxylation is 1. The topological polar surface area (TPSA) is 143 Å². The molecule has 1 aliphatic heterocycles. The molecular formula is C26H30N6O4S. The normalized spacial score (nSPS) is 13.4. The summed E-state index contributed by atoms with van der Waals surface area (Å²) in [6.45, 7) is 2.14. The lowest BCUT2D eigenvalue weighted by molar-refractivity contribution is -0.140. The van der Waals surface area contributed by atoms with E-state index in [0.717, 1.165) is 35.7 Å². The number of ether oxygens (including phenoxy) is 1. The fourth-order valence-electron chi connectivity index (χ4n) is 4.18. The van der Waals surface area contributed by atoms with Crippen molar-refractivity contribution in [2.24, 2.45) is 5.73 Å². The average molecular weight is 523 g/mol. The van der Waals surface area contributed by atoms with Crippen LogP contribution in [0.5, 0.6) is 0 Å². The van der Waals surface area contributed by atoms with Crippen LogP contribution < -0.4 is 11.1 Å². The number of carbonyl (C=O) groups is 3. The number of hydrogen-bond acceptors (Lipinski definition) is 7. The van der Waals surface area contributed by atoms with Crippen molar-refractivity contribution < 1.29 is 19.1 Å². The minimum atomic E-state index is -0.396. The van der Waals surface area contributed by atoms with Gasteiger partial charge in [0, 0.05) is 60.8 Å². The van der Waals surface area contributed by atoms with E-state index in [1.165, 1.54) is 7.11 Å². The predicted octanol–water partition coefficient (Wildman–Crippen LogP) is 2.25. The number of amidine groups is 1. The number of nitrogens with two attached hydrogens (primary N) is 1. The first-order chi connectivity index (χ1) is 17.9. The summed E-state index contributed by atoms with van der Waals surface area (Å²) < 4.78 is 6.60. The highest BCUT2D eigenvalue weighted by atomic mass is 32.2. The first-order valence-corrected chi connectivity index (χ1v) is 13.2. The number of nitrogen functional groups attached to an aromatic ring is 1. The van der Waals surface area contributed by atoms with Crippen LogP contribution >= 0.6 is 11.8 Å². The highest BCUT2D eigenvalue weighted by molar-refractivity contribution is 7.99. The van der Waals surface area contributed by atoms with Gasteiger partial charge in [-0.05, 0) is 18.2 Å². The van der Waals surface area contributed by atoms with Gasteiger partial charge in [0.05, 0.1) is 24.6 Å². The Morgan fingerprint density at radius 1 is 1.08 bits per heavy atom. The minimum absolute atomic E-state index is 0.0202. The number of rotatable bonds is 9. The van der Waals surface area contributed by atoms with Crippen molar-refractivity contribution in [2.75, 3.05) is 38.2 Å². The van der Waals surface area contributed by atoms with Gasteiger partial charge in [-0.1, -0.05) is 24.3 Å². The van der Waals surface area contributed by atoms with Gasteiger partial charge < -0.3 is 25.3 Å². The Labute approximate surface area is 219 Å². The van der Waals surface area contributed by atoms with Gasteiger partial charge in [0.15, 0.2) is 0 Å². The van der Waals surface area contributed by atoms with Gasteiger partial charge in [-0.25, -0.2) is 4.98 Å². The number of amides is 2. The molecular weight excluding hydrogens is 492 g/mol. The molecule has 0 spiro atoms.